The number of nitrogens with one attached hydrogen (secondary N) is 1. The van der Waals surface area contributed by atoms with Crippen molar-refractivity contribution in [2.75, 3.05) is 5.32 Å². The third-order valence-electron chi connectivity index (χ3n) is 4.96. The van der Waals surface area contributed by atoms with Crippen LogP contribution in [-0.2, 0) is 11.8 Å². The molecule has 0 fully saturated rings. The summed E-state index contributed by atoms with van der Waals surface area (Å²) in [6, 6.07) is 5.48. The molecule has 1 N–H and O–H groups in total. The summed E-state index contributed by atoms with van der Waals surface area (Å²) < 4.78 is 14.9. The number of rotatable bonds is 2. The van der Waals surface area contributed by atoms with Gasteiger partial charge < -0.3 is 5.32 Å². The number of carbonyl (C=O) groups excluding carboxylic acids is 2. The lowest BCUT2D eigenvalue weighted by molar-refractivity contribution is -0.116. The molecule has 2 heterocycles. The molecule has 2 aliphatic rings. The first-order valence-electron chi connectivity index (χ1n) is 8.34. The number of allylic oxidation sites excluding steroid dienone is 2. The molecule has 1 unspecified atom stereocenters. The monoisotopic (exact) mass is 339 g/mol. The standard InChI is InChI=1S/C19H18FN3O2/c1-10-15-17(18(25)11-6-8-12(20)9-7-11)16-13(4-3-5-14(16)24)21-19(15)23(2)22-10/h6-9,17,21H,3-5H2,1-2H3. The quantitative estimate of drug-likeness (QED) is 0.853. The lowest BCUT2D eigenvalue weighted by Gasteiger charge is -2.31. The van der Waals surface area contributed by atoms with Crippen molar-refractivity contribution in [3.8, 4) is 0 Å². The summed E-state index contributed by atoms with van der Waals surface area (Å²) in [5, 5.41) is 7.73. The van der Waals surface area contributed by atoms with Gasteiger partial charge in [0.2, 0.25) is 0 Å². The smallest absolute Gasteiger partial charge is 0.175 e. The van der Waals surface area contributed by atoms with Gasteiger partial charge in [0, 0.05) is 35.9 Å². The molecule has 1 aromatic carbocycles. The lowest BCUT2D eigenvalue weighted by Crippen LogP contribution is -2.31. The van der Waals surface area contributed by atoms with Crippen LogP contribution in [0.25, 0.3) is 0 Å². The van der Waals surface area contributed by atoms with Gasteiger partial charge in [-0.25, -0.2) is 4.39 Å². The Hall–Kier alpha value is -2.76. The molecule has 0 radical (unpaired) electrons. The number of aryl methyl sites for hydroxylation is 2. The van der Waals surface area contributed by atoms with Gasteiger partial charge in [0.05, 0.1) is 11.6 Å². The molecular formula is C19H18FN3O2. The zero-order chi connectivity index (χ0) is 17.7. The molecule has 1 aliphatic heterocycles. The van der Waals surface area contributed by atoms with Gasteiger partial charge in [-0.05, 0) is 44.0 Å². The lowest BCUT2D eigenvalue weighted by atomic mass is 9.76. The number of fused-ring (bicyclic) bond motifs is 1. The molecule has 5 nitrogen and oxygen atoms in total. The van der Waals surface area contributed by atoms with Crippen molar-refractivity contribution >= 4 is 17.4 Å². The number of Topliss-reactive ketones (excluding diaryl/α,β-unsaturated/α-hetero) is 2. The first-order valence-corrected chi connectivity index (χ1v) is 8.34. The second-order valence-corrected chi connectivity index (χ2v) is 6.57. The third-order valence-corrected chi connectivity index (χ3v) is 4.96. The van der Waals surface area contributed by atoms with Crippen LogP contribution >= 0.6 is 0 Å². The molecule has 1 aliphatic carbocycles. The number of aromatic nitrogens is 2. The van der Waals surface area contributed by atoms with Crippen LogP contribution in [0.1, 0.15) is 46.8 Å². The van der Waals surface area contributed by atoms with E-state index in [4.69, 9.17) is 0 Å². The van der Waals surface area contributed by atoms with Crippen molar-refractivity contribution in [2.45, 2.75) is 32.1 Å². The van der Waals surface area contributed by atoms with Gasteiger partial charge in [0.25, 0.3) is 0 Å². The largest absolute Gasteiger partial charge is 0.343 e. The van der Waals surface area contributed by atoms with Crippen LogP contribution in [0.2, 0.25) is 0 Å². The fourth-order valence-corrected chi connectivity index (χ4v) is 3.83. The van der Waals surface area contributed by atoms with Crippen LogP contribution in [0, 0.1) is 12.7 Å². The summed E-state index contributed by atoms with van der Waals surface area (Å²) in [5.74, 6) is -0.511. The molecule has 4 rings (SSSR count). The minimum Gasteiger partial charge on any atom is -0.343 e. The number of halogens is 1. The Labute approximate surface area is 144 Å². The number of hydrogen-bond donors (Lipinski definition) is 1. The summed E-state index contributed by atoms with van der Waals surface area (Å²) in [6.45, 7) is 1.84. The maximum absolute atomic E-state index is 13.3. The minimum absolute atomic E-state index is 0.00288. The number of hydrogen-bond acceptors (Lipinski definition) is 4. The predicted molar refractivity (Wildman–Crippen MR) is 90.9 cm³/mol. The van der Waals surface area contributed by atoms with Crippen molar-refractivity contribution in [3.63, 3.8) is 0 Å². The topological polar surface area (TPSA) is 64.0 Å². The summed E-state index contributed by atoms with van der Waals surface area (Å²) in [4.78, 5) is 25.9. The van der Waals surface area contributed by atoms with Gasteiger partial charge in [-0.15, -0.1) is 0 Å². The van der Waals surface area contributed by atoms with E-state index >= 15 is 0 Å². The van der Waals surface area contributed by atoms with Gasteiger partial charge in [-0.2, -0.15) is 5.10 Å². The van der Waals surface area contributed by atoms with E-state index in [2.05, 4.69) is 10.4 Å². The molecule has 0 spiro atoms. The maximum atomic E-state index is 13.3. The molecule has 1 atom stereocenters. The second kappa shape index (κ2) is 5.65. The molecule has 2 aromatic rings. The molecule has 1 aromatic heterocycles. The van der Waals surface area contributed by atoms with E-state index < -0.39 is 11.7 Å². The van der Waals surface area contributed by atoms with Crippen molar-refractivity contribution in [2.24, 2.45) is 7.05 Å². The highest BCUT2D eigenvalue weighted by atomic mass is 19.1. The van der Waals surface area contributed by atoms with Crippen LogP contribution < -0.4 is 5.32 Å². The fraction of sp³-hybridized carbons (Fsp3) is 0.316. The molecule has 0 saturated heterocycles. The molecule has 0 bridgehead atoms. The highest BCUT2D eigenvalue weighted by molar-refractivity contribution is 6.13. The number of nitrogens with zero attached hydrogens (tertiary/aromatic N) is 2. The molecule has 25 heavy (non-hydrogen) atoms. The molecule has 0 saturated carbocycles. The zero-order valence-corrected chi connectivity index (χ0v) is 14.1. The zero-order valence-electron chi connectivity index (χ0n) is 14.1. The highest BCUT2D eigenvalue weighted by Crippen LogP contribution is 2.44. The molecule has 0 amide bonds. The van der Waals surface area contributed by atoms with E-state index in [-0.39, 0.29) is 11.6 Å². The Morgan fingerprint density at radius 2 is 2.00 bits per heavy atom. The highest BCUT2D eigenvalue weighted by Gasteiger charge is 2.41. The molecular weight excluding hydrogens is 321 g/mol. The van der Waals surface area contributed by atoms with Crippen LogP contribution in [0.15, 0.2) is 35.5 Å². The second-order valence-electron chi connectivity index (χ2n) is 6.57. The van der Waals surface area contributed by atoms with Crippen molar-refractivity contribution in [3.05, 3.63) is 58.2 Å². The van der Waals surface area contributed by atoms with Gasteiger partial charge in [0.1, 0.15) is 11.6 Å². The van der Waals surface area contributed by atoms with Crippen molar-refractivity contribution in [1.29, 1.82) is 0 Å². The molecule has 128 valence electrons. The Morgan fingerprint density at radius 3 is 2.72 bits per heavy atom. The van der Waals surface area contributed by atoms with E-state index in [1.54, 1.807) is 4.68 Å². The van der Waals surface area contributed by atoms with E-state index in [1.165, 1.54) is 24.3 Å². The van der Waals surface area contributed by atoms with Crippen LogP contribution in [0.5, 0.6) is 0 Å². The number of benzene rings is 1. The SMILES string of the molecule is Cc1nn(C)c2c1C(C(=O)c1ccc(F)cc1)C1=C(CCCC1=O)N2. The predicted octanol–water partition coefficient (Wildman–Crippen LogP) is 3.27. The average molecular weight is 339 g/mol. The fourth-order valence-electron chi connectivity index (χ4n) is 3.83. The third kappa shape index (κ3) is 2.40. The van der Waals surface area contributed by atoms with Crippen molar-refractivity contribution < 1.29 is 14.0 Å². The molecule has 6 heteroatoms. The summed E-state index contributed by atoms with van der Waals surface area (Å²) in [5.41, 5.74) is 3.21. The summed E-state index contributed by atoms with van der Waals surface area (Å²) in [6.07, 6.45) is 1.95. The number of carbonyl (C=O) groups is 2. The maximum Gasteiger partial charge on any atom is 0.175 e. The van der Waals surface area contributed by atoms with Gasteiger partial charge in [-0.1, -0.05) is 0 Å². The number of ketones is 2. The number of anilines is 1. The average Bonchev–Trinajstić information content (AvgIpc) is 2.87. The van der Waals surface area contributed by atoms with Gasteiger partial charge in [0.15, 0.2) is 11.6 Å². The van der Waals surface area contributed by atoms with E-state index in [9.17, 15) is 14.0 Å². The Bertz CT molecular complexity index is 925. The van der Waals surface area contributed by atoms with Crippen LogP contribution in [0.3, 0.4) is 0 Å². The first-order chi connectivity index (χ1) is 12.0. The van der Waals surface area contributed by atoms with E-state index in [0.717, 1.165) is 35.6 Å². The van der Waals surface area contributed by atoms with Gasteiger partial charge in [-0.3, -0.25) is 14.3 Å². The van der Waals surface area contributed by atoms with Crippen LogP contribution in [-0.4, -0.2) is 21.3 Å². The van der Waals surface area contributed by atoms with Gasteiger partial charge >= 0.3 is 0 Å². The Morgan fingerprint density at radius 1 is 1.28 bits per heavy atom. The first kappa shape index (κ1) is 15.7. The van der Waals surface area contributed by atoms with Crippen LogP contribution in [0.4, 0.5) is 10.2 Å². The minimum atomic E-state index is -0.682. The normalized spacial score (nSPS) is 19.3. The summed E-state index contributed by atoms with van der Waals surface area (Å²) >= 11 is 0. The van der Waals surface area contributed by atoms with E-state index in [0.29, 0.717) is 17.6 Å². The van der Waals surface area contributed by atoms with E-state index in [1.807, 2.05) is 14.0 Å². The Balaban J connectivity index is 1.90. The van der Waals surface area contributed by atoms with Crippen molar-refractivity contribution in [1.82, 2.24) is 9.78 Å². The summed E-state index contributed by atoms with van der Waals surface area (Å²) in [7, 11) is 1.81. The Kier molecular flexibility index (Phi) is 3.56.